The van der Waals surface area contributed by atoms with Gasteiger partial charge in [-0.2, -0.15) is 0 Å². The predicted octanol–water partition coefficient (Wildman–Crippen LogP) is 2.92. The Hall–Kier alpha value is -3.61. The number of benzene rings is 2. The SMILES string of the molecule is COc1cc(C(C)=O)ccc1OCC(=O)NC(c1ccccc1)c1nccn1C. The van der Waals surface area contributed by atoms with Gasteiger partial charge in [0.15, 0.2) is 23.9 Å². The zero-order valence-corrected chi connectivity index (χ0v) is 16.6. The summed E-state index contributed by atoms with van der Waals surface area (Å²) in [5.41, 5.74) is 1.43. The minimum absolute atomic E-state index is 0.0756. The van der Waals surface area contributed by atoms with Crippen molar-refractivity contribution in [3.8, 4) is 11.5 Å². The van der Waals surface area contributed by atoms with Gasteiger partial charge in [0.25, 0.3) is 5.91 Å². The van der Waals surface area contributed by atoms with Crippen molar-refractivity contribution in [3.63, 3.8) is 0 Å². The third-order valence-electron chi connectivity index (χ3n) is 4.48. The van der Waals surface area contributed by atoms with E-state index in [2.05, 4.69) is 10.3 Å². The highest BCUT2D eigenvalue weighted by Gasteiger charge is 2.21. The van der Waals surface area contributed by atoms with Crippen molar-refractivity contribution in [2.24, 2.45) is 7.05 Å². The number of aromatic nitrogens is 2. The quantitative estimate of drug-likeness (QED) is 0.595. The Morgan fingerprint density at radius 3 is 2.52 bits per heavy atom. The number of amides is 1. The van der Waals surface area contributed by atoms with Gasteiger partial charge in [-0.05, 0) is 30.7 Å². The number of carbonyl (C=O) groups excluding carboxylic acids is 2. The Bertz CT molecular complexity index is 998. The molecular weight excluding hydrogens is 370 g/mol. The lowest BCUT2D eigenvalue weighted by atomic mass is 10.1. The number of rotatable bonds is 8. The molecule has 0 saturated heterocycles. The highest BCUT2D eigenvalue weighted by atomic mass is 16.5. The molecule has 0 bridgehead atoms. The van der Waals surface area contributed by atoms with Crippen molar-refractivity contribution < 1.29 is 19.1 Å². The molecule has 1 atom stereocenters. The number of hydrogen-bond acceptors (Lipinski definition) is 5. The van der Waals surface area contributed by atoms with Gasteiger partial charge in [-0.15, -0.1) is 0 Å². The molecule has 0 fully saturated rings. The minimum Gasteiger partial charge on any atom is -0.493 e. The number of aryl methyl sites for hydroxylation is 1. The van der Waals surface area contributed by atoms with Crippen LogP contribution in [0.3, 0.4) is 0 Å². The highest BCUT2D eigenvalue weighted by molar-refractivity contribution is 5.94. The number of nitrogens with zero attached hydrogens (tertiary/aromatic N) is 2. The molecule has 150 valence electrons. The first-order chi connectivity index (χ1) is 14.0. The Morgan fingerprint density at radius 2 is 1.90 bits per heavy atom. The largest absolute Gasteiger partial charge is 0.493 e. The van der Waals surface area contributed by atoms with Crippen molar-refractivity contribution in [1.82, 2.24) is 14.9 Å². The highest BCUT2D eigenvalue weighted by Crippen LogP contribution is 2.28. The maximum absolute atomic E-state index is 12.6. The lowest BCUT2D eigenvalue weighted by molar-refractivity contribution is -0.123. The molecule has 3 rings (SSSR count). The molecular formula is C22H23N3O4. The molecule has 0 aliphatic carbocycles. The summed E-state index contributed by atoms with van der Waals surface area (Å²) in [6.45, 7) is 1.27. The van der Waals surface area contributed by atoms with Crippen molar-refractivity contribution in [3.05, 3.63) is 77.9 Å². The molecule has 1 aromatic heterocycles. The fraction of sp³-hybridized carbons (Fsp3) is 0.227. The number of Topliss-reactive ketones (excluding diaryl/α,β-unsaturated/α-hetero) is 1. The van der Waals surface area contributed by atoms with Crippen LogP contribution in [0.4, 0.5) is 0 Å². The average molecular weight is 393 g/mol. The van der Waals surface area contributed by atoms with Gasteiger partial charge in [0.1, 0.15) is 11.9 Å². The van der Waals surface area contributed by atoms with E-state index in [1.807, 2.05) is 48.1 Å². The summed E-state index contributed by atoms with van der Waals surface area (Å²) >= 11 is 0. The minimum atomic E-state index is -0.408. The van der Waals surface area contributed by atoms with Gasteiger partial charge in [0, 0.05) is 25.0 Å². The molecule has 7 heteroatoms. The monoisotopic (exact) mass is 393 g/mol. The van der Waals surface area contributed by atoms with Crippen LogP contribution < -0.4 is 14.8 Å². The molecule has 1 N–H and O–H groups in total. The van der Waals surface area contributed by atoms with Gasteiger partial charge in [0.2, 0.25) is 0 Å². The van der Waals surface area contributed by atoms with E-state index in [1.54, 1.807) is 24.4 Å². The van der Waals surface area contributed by atoms with Crippen LogP contribution in [-0.2, 0) is 11.8 Å². The first-order valence-electron chi connectivity index (χ1n) is 9.13. The molecule has 1 heterocycles. The summed E-state index contributed by atoms with van der Waals surface area (Å²) in [5.74, 6) is 1.12. The molecule has 7 nitrogen and oxygen atoms in total. The Kier molecular flexibility index (Phi) is 6.29. The Morgan fingerprint density at radius 1 is 1.14 bits per heavy atom. The van der Waals surface area contributed by atoms with Crippen LogP contribution in [0.1, 0.15) is 34.7 Å². The van der Waals surface area contributed by atoms with Crippen LogP contribution in [0.15, 0.2) is 60.9 Å². The molecule has 1 unspecified atom stereocenters. The number of hydrogen-bond donors (Lipinski definition) is 1. The van der Waals surface area contributed by atoms with E-state index in [9.17, 15) is 9.59 Å². The van der Waals surface area contributed by atoms with E-state index in [-0.39, 0.29) is 18.3 Å². The Balaban J connectivity index is 1.73. The maximum Gasteiger partial charge on any atom is 0.258 e. The van der Waals surface area contributed by atoms with E-state index in [0.717, 1.165) is 5.56 Å². The summed E-state index contributed by atoms with van der Waals surface area (Å²) in [5, 5.41) is 2.97. The van der Waals surface area contributed by atoms with Crippen molar-refractivity contribution in [2.45, 2.75) is 13.0 Å². The second kappa shape index (κ2) is 9.05. The molecule has 0 saturated carbocycles. The zero-order chi connectivity index (χ0) is 20.8. The zero-order valence-electron chi connectivity index (χ0n) is 16.6. The first kappa shape index (κ1) is 20.1. The summed E-state index contributed by atoms with van der Waals surface area (Å²) in [6, 6.07) is 14.1. The first-order valence-corrected chi connectivity index (χ1v) is 9.13. The van der Waals surface area contributed by atoms with Crippen molar-refractivity contribution in [1.29, 1.82) is 0 Å². The van der Waals surface area contributed by atoms with Crippen molar-refractivity contribution in [2.75, 3.05) is 13.7 Å². The van der Waals surface area contributed by atoms with E-state index in [4.69, 9.17) is 9.47 Å². The van der Waals surface area contributed by atoms with Gasteiger partial charge in [-0.1, -0.05) is 30.3 Å². The third kappa shape index (κ3) is 4.82. The number of ketones is 1. The molecule has 0 radical (unpaired) electrons. The van der Waals surface area contributed by atoms with Gasteiger partial charge in [-0.25, -0.2) is 4.98 Å². The van der Waals surface area contributed by atoms with Gasteiger partial charge in [-0.3, -0.25) is 9.59 Å². The molecule has 29 heavy (non-hydrogen) atoms. The summed E-state index contributed by atoms with van der Waals surface area (Å²) in [6.07, 6.45) is 3.52. The second-order valence-electron chi connectivity index (χ2n) is 6.52. The fourth-order valence-electron chi connectivity index (χ4n) is 2.95. The van der Waals surface area contributed by atoms with Gasteiger partial charge < -0.3 is 19.4 Å². The second-order valence-corrected chi connectivity index (χ2v) is 6.52. The van der Waals surface area contributed by atoms with Gasteiger partial charge >= 0.3 is 0 Å². The average Bonchev–Trinajstić information content (AvgIpc) is 3.16. The molecule has 0 aliphatic heterocycles. The van der Waals surface area contributed by atoms with Crippen LogP contribution in [0.2, 0.25) is 0 Å². The number of nitrogens with one attached hydrogen (secondary N) is 1. The van der Waals surface area contributed by atoms with E-state index < -0.39 is 6.04 Å². The normalized spacial score (nSPS) is 11.6. The molecule has 1 amide bonds. The van der Waals surface area contributed by atoms with Gasteiger partial charge in [0.05, 0.1) is 7.11 Å². The lowest BCUT2D eigenvalue weighted by Crippen LogP contribution is -2.34. The molecule has 0 spiro atoms. The third-order valence-corrected chi connectivity index (χ3v) is 4.48. The maximum atomic E-state index is 12.6. The van der Waals surface area contributed by atoms with Crippen LogP contribution in [0.5, 0.6) is 11.5 Å². The molecule has 3 aromatic rings. The van der Waals surface area contributed by atoms with Crippen LogP contribution in [-0.4, -0.2) is 35.0 Å². The summed E-state index contributed by atoms with van der Waals surface area (Å²) < 4.78 is 12.8. The molecule has 2 aromatic carbocycles. The topological polar surface area (TPSA) is 82.4 Å². The number of ether oxygens (including phenoxy) is 2. The van der Waals surface area contributed by atoms with Crippen molar-refractivity contribution >= 4 is 11.7 Å². The Labute approximate surface area is 169 Å². The van der Waals surface area contributed by atoms with E-state index in [0.29, 0.717) is 22.9 Å². The summed E-state index contributed by atoms with van der Waals surface area (Å²) in [7, 11) is 3.36. The number of methoxy groups -OCH3 is 1. The van der Waals surface area contributed by atoms with E-state index >= 15 is 0 Å². The summed E-state index contributed by atoms with van der Waals surface area (Å²) in [4.78, 5) is 28.5. The van der Waals surface area contributed by atoms with E-state index in [1.165, 1.54) is 14.0 Å². The van der Waals surface area contributed by atoms with Crippen LogP contribution >= 0.6 is 0 Å². The van der Waals surface area contributed by atoms with Crippen LogP contribution in [0.25, 0.3) is 0 Å². The smallest absolute Gasteiger partial charge is 0.258 e. The van der Waals surface area contributed by atoms with Crippen LogP contribution in [0, 0.1) is 0 Å². The molecule has 0 aliphatic rings. The lowest BCUT2D eigenvalue weighted by Gasteiger charge is -2.19. The predicted molar refractivity (Wildman–Crippen MR) is 108 cm³/mol. The number of imidazole rings is 1. The number of carbonyl (C=O) groups is 2. The fourth-order valence-corrected chi connectivity index (χ4v) is 2.95. The standard InChI is InChI=1S/C22H23N3O4/c1-15(26)17-9-10-18(19(13-17)28-3)29-14-20(27)24-21(16-7-5-4-6-8-16)22-23-11-12-25(22)2/h4-13,21H,14H2,1-3H3,(H,24,27).